The number of nitrogens with one attached hydrogen (secondary N) is 1. The highest BCUT2D eigenvalue weighted by atomic mass is 16.7. The van der Waals surface area contributed by atoms with E-state index in [4.69, 9.17) is 9.47 Å². The van der Waals surface area contributed by atoms with Gasteiger partial charge in [0.15, 0.2) is 6.29 Å². The third-order valence-electron chi connectivity index (χ3n) is 13.8. The molecule has 1 rings (SSSR count). The van der Waals surface area contributed by atoms with E-state index in [0.717, 1.165) is 57.8 Å². The molecule has 7 unspecified atom stereocenters. The first-order valence-electron chi connectivity index (χ1n) is 28.6. The van der Waals surface area contributed by atoms with Crippen LogP contribution in [0.1, 0.15) is 277 Å². The number of unbranched alkanes of at least 4 members (excludes halogenated alkanes) is 37. The molecule has 1 aliphatic heterocycles. The van der Waals surface area contributed by atoms with Gasteiger partial charge in [-0.15, -0.1) is 0 Å². The molecular weight excluding hydrogens is 827 g/mol. The molecule has 0 aliphatic carbocycles. The number of ether oxygens (including phenoxy) is 2. The van der Waals surface area contributed by atoms with Crippen molar-refractivity contribution in [3.8, 4) is 0 Å². The molecule has 6 N–H and O–H groups in total. The van der Waals surface area contributed by atoms with E-state index in [0.29, 0.717) is 6.42 Å². The van der Waals surface area contributed by atoms with Crippen LogP contribution in [0.15, 0.2) is 24.3 Å². The zero-order valence-electron chi connectivity index (χ0n) is 43.2. The van der Waals surface area contributed by atoms with Gasteiger partial charge in [0.1, 0.15) is 24.4 Å². The van der Waals surface area contributed by atoms with Gasteiger partial charge in [-0.25, -0.2) is 0 Å². The maximum atomic E-state index is 13.0. The van der Waals surface area contributed by atoms with Gasteiger partial charge in [-0.2, -0.15) is 0 Å². The highest BCUT2D eigenvalue weighted by molar-refractivity contribution is 5.76. The molecule has 1 fully saturated rings. The van der Waals surface area contributed by atoms with Crippen LogP contribution in [0.2, 0.25) is 0 Å². The van der Waals surface area contributed by atoms with E-state index in [1.807, 2.05) is 6.08 Å². The summed E-state index contributed by atoms with van der Waals surface area (Å²) < 4.78 is 11.2. The van der Waals surface area contributed by atoms with Crippen molar-refractivity contribution in [1.82, 2.24) is 5.32 Å². The fourth-order valence-electron chi connectivity index (χ4n) is 9.21. The molecule has 1 amide bonds. The Balaban J connectivity index is 2.14. The maximum absolute atomic E-state index is 13.0. The van der Waals surface area contributed by atoms with Crippen LogP contribution in [-0.4, -0.2) is 87.5 Å². The zero-order chi connectivity index (χ0) is 48.0. The smallest absolute Gasteiger partial charge is 0.220 e. The monoisotopic (exact) mass is 936 g/mol. The fourth-order valence-corrected chi connectivity index (χ4v) is 9.21. The molecule has 9 nitrogen and oxygen atoms in total. The average Bonchev–Trinajstić information content (AvgIpc) is 3.32. The number of aliphatic hydroxyl groups is 5. The summed E-state index contributed by atoms with van der Waals surface area (Å²) >= 11 is 0. The standard InChI is InChI=1S/C57H109NO8/c1-3-5-7-9-11-13-15-17-18-19-20-21-22-23-24-25-26-27-28-29-30-31-32-33-34-35-36-38-40-42-44-46-51(60)50(49-65-57-56(64)55(63)54(62)52(48-59)66-57)58-53(61)47-45-43-41-39-37-16-14-12-10-8-6-4-2/h12,14,44,46,50-52,54-57,59-60,62-64H,3-11,13,15-43,45,47-49H2,1-2H3,(H,58,61)/b14-12-,46-44+. The Morgan fingerprint density at radius 2 is 0.848 bits per heavy atom. The number of carbonyl (C=O) groups excluding carboxylic acids is 1. The molecule has 9 heteroatoms. The van der Waals surface area contributed by atoms with Gasteiger partial charge in [0.05, 0.1) is 25.4 Å². The van der Waals surface area contributed by atoms with Crippen LogP contribution in [0.3, 0.4) is 0 Å². The zero-order valence-corrected chi connectivity index (χ0v) is 43.2. The van der Waals surface area contributed by atoms with Crippen LogP contribution in [-0.2, 0) is 14.3 Å². The van der Waals surface area contributed by atoms with Crippen LogP contribution >= 0.6 is 0 Å². The summed E-state index contributed by atoms with van der Waals surface area (Å²) in [4.78, 5) is 13.0. The SMILES string of the molecule is CCCCC/C=C\CCCCCCCC(=O)NC(COC1OC(CO)C(O)C(O)C1O)C(O)/C=C/CCCCCCCCCCCCCCCCCCCCCCCCCCCCCCC. The minimum absolute atomic E-state index is 0.184. The number of hydrogen-bond acceptors (Lipinski definition) is 8. The number of hydrogen-bond donors (Lipinski definition) is 6. The minimum atomic E-state index is -1.57. The maximum Gasteiger partial charge on any atom is 0.220 e. The molecule has 7 atom stereocenters. The second kappa shape index (κ2) is 47.4. The number of allylic oxidation sites excluding steroid dienone is 3. The molecule has 0 spiro atoms. The molecule has 0 aromatic heterocycles. The van der Waals surface area contributed by atoms with Crippen molar-refractivity contribution in [3.63, 3.8) is 0 Å². The fraction of sp³-hybridized carbons (Fsp3) is 0.912. The van der Waals surface area contributed by atoms with Crippen molar-refractivity contribution >= 4 is 5.91 Å². The minimum Gasteiger partial charge on any atom is -0.394 e. The van der Waals surface area contributed by atoms with Crippen LogP contribution in [0.5, 0.6) is 0 Å². The van der Waals surface area contributed by atoms with Crippen molar-refractivity contribution < 1.29 is 39.8 Å². The van der Waals surface area contributed by atoms with E-state index in [-0.39, 0.29) is 12.5 Å². The summed E-state index contributed by atoms with van der Waals surface area (Å²) in [6, 6.07) is -0.807. The van der Waals surface area contributed by atoms with Gasteiger partial charge in [0, 0.05) is 6.42 Å². The first kappa shape index (κ1) is 62.7. The Morgan fingerprint density at radius 3 is 1.26 bits per heavy atom. The van der Waals surface area contributed by atoms with Crippen LogP contribution < -0.4 is 5.32 Å². The third kappa shape index (κ3) is 36.6. The third-order valence-corrected chi connectivity index (χ3v) is 13.8. The van der Waals surface area contributed by atoms with E-state index in [1.54, 1.807) is 6.08 Å². The summed E-state index contributed by atoms with van der Waals surface area (Å²) in [7, 11) is 0. The van der Waals surface area contributed by atoms with Crippen molar-refractivity contribution in [3.05, 3.63) is 24.3 Å². The van der Waals surface area contributed by atoms with Crippen LogP contribution in [0.4, 0.5) is 0 Å². The summed E-state index contributed by atoms with van der Waals surface area (Å²) in [5.41, 5.74) is 0. The lowest BCUT2D eigenvalue weighted by atomic mass is 9.99. The molecule has 1 heterocycles. The molecule has 0 aromatic rings. The van der Waals surface area contributed by atoms with Gasteiger partial charge in [-0.05, 0) is 44.9 Å². The summed E-state index contributed by atoms with van der Waals surface area (Å²) in [6.45, 7) is 3.77. The summed E-state index contributed by atoms with van der Waals surface area (Å²) in [5.74, 6) is -0.184. The Bertz CT molecular complexity index is 1090. The quantitative estimate of drug-likeness (QED) is 0.0261. The average molecular weight is 936 g/mol. The lowest BCUT2D eigenvalue weighted by molar-refractivity contribution is -0.302. The normalized spacial score (nSPS) is 19.9. The van der Waals surface area contributed by atoms with Gasteiger partial charge < -0.3 is 40.3 Å². The molecular formula is C57H109NO8. The predicted molar refractivity (Wildman–Crippen MR) is 277 cm³/mol. The molecule has 0 aromatic carbocycles. The van der Waals surface area contributed by atoms with E-state index in [2.05, 4.69) is 31.3 Å². The van der Waals surface area contributed by atoms with E-state index < -0.39 is 49.5 Å². The first-order chi connectivity index (χ1) is 32.3. The summed E-state index contributed by atoms with van der Waals surface area (Å²) in [6.07, 6.45) is 52.7. The molecule has 1 aliphatic rings. The molecule has 66 heavy (non-hydrogen) atoms. The van der Waals surface area contributed by atoms with Gasteiger partial charge in [0.25, 0.3) is 0 Å². The number of amides is 1. The number of rotatable bonds is 49. The largest absolute Gasteiger partial charge is 0.394 e. The van der Waals surface area contributed by atoms with Gasteiger partial charge in [0.2, 0.25) is 5.91 Å². The lowest BCUT2D eigenvalue weighted by Crippen LogP contribution is -2.60. The molecule has 390 valence electrons. The topological polar surface area (TPSA) is 149 Å². The number of carbonyl (C=O) groups is 1. The molecule has 0 radical (unpaired) electrons. The van der Waals surface area contributed by atoms with Crippen molar-refractivity contribution in [2.75, 3.05) is 13.2 Å². The Kier molecular flexibility index (Phi) is 45.0. The second-order valence-electron chi connectivity index (χ2n) is 20.1. The summed E-state index contributed by atoms with van der Waals surface area (Å²) in [5, 5.41) is 54.4. The van der Waals surface area contributed by atoms with Crippen molar-refractivity contribution in [2.45, 2.75) is 320 Å². The van der Waals surface area contributed by atoms with Gasteiger partial charge in [-0.1, -0.05) is 250 Å². The van der Waals surface area contributed by atoms with E-state index >= 15 is 0 Å². The first-order valence-corrected chi connectivity index (χ1v) is 28.6. The lowest BCUT2D eigenvalue weighted by Gasteiger charge is -2.40. The van der Waals surface area contributed by atoms with E-state index in [1.165, 1.54) is 199 Å². The number of aliphatic hydroxyl groups excluding tert-OH is 5. The van der Waals surface area contributed by atoms with Crippen molar-refractivity contribution in [2.24, 2.45) is 0 Å². The molecule has 0 bridgehead atoms. The van der Waals surface area contributed by atoms with Gasteiger partial charge >= 0.3 is 0 Å². The van der Waals surface area contributed by atoms with Crippen LogP contribution in [0, 0.1) is 0 Å². The highest BCUT2D eigenvalue weighted by Gasteiger charge is 2.44. The Morgan fingerprint density at radius 1 is 0.500 bits per heavy atom. The Hall–Kier alpha value is -1.33. The van der Waals surface area contributed by atoms with Gasteiger partial charge in [-0.3, -0.25) is 4.79 Å². The molecule has 1 saturated heterocycles. The van der Waals surface area contributed by atoms with E-state index in [9.17, 15) is 30.3 Å². The molecule has 0 saturated carbocycles. The predicted octanol–water partition coefficient (Wildman–Crippen LogP) is 13.8. The van der Waals surface area contributed by atoms with Crippen molar-refractivity contribution in [1.29, 1.82) is 0 Å². The van der Waals surface area contributed by atoms with Crippen LogP contribution in [0.25, 0.3) is 0 Å². The Labute approximate surface area is 407 Å². The second-order valence-corrected chi connectivity index (χ2v) is 20.1. The highest BCUT2D eigenvalue weighted by Crippen LogP contribution is 2.23.